The van der Waals surface area contributed by atoms with Crippen LogP contribution in [0.3, 0.4) is 0 Å². The minimum absolute atomic E-state index is 0.234. The molecule has 1 fully saturated rings. The molecule has 3 aromatic carbocycles. The van der Waals surface area contributed by atoms with Gasteiger partial charge in [-0.15, -0.1) is 0 Å². The van der Waals surface area contributed by atoms with Crippen LogP contribution in [0.15, 0.2) is 78.9 Å². The van der Waals surface area contributed by atoms with Crippen molar-refractivity contribution in [1.82, 2.24) is 4.98 Å². The van der Waals surface area contributed by atoms with Crippen LogP contribution in [0.1, 0.15) is 73.4 Å². The van der Waals surface area contributed by atoms with Gasteiger partial charge < -0.3 is 9.47 Å². The van der Waals surface area contributed by atoms with E-state index in [1.807, 2.05) is 92.7 Å². The standard InChI is InChI=1S/C35H38ClNO5S/c1-35(2,42-34-12-5-6-21-41-34)32-11-4-3-9-26(32)14-15-29(24-43(38,39)40)28-10-7-8-25(22-28)13-19-31-20-17-27-16-18-30(36)23-33(27)37-31/h3-4,7-11,13,16-20,22-23,29,34H,5-6,12,14-15,21,24H2,1-2H3,(H,38,39,40)/t29-,34?/m1/s1. The van der Waals surface area contributed by atoms with E-state index in [0.29, 0.717) is 24.5 Å². The number of fused-ring (bicyclic) bond motifs is 1. The predicted molar refractivity (Wildman–Crippen MR) is 174 cm³/mol. The number of halogens is 1. The zero-order valence-corrected chi connectivity index (χ0v) is 26.2. The quantitative estimate of drug-likeness (QED) is 0.170. The maximum absolute atomic E-state index is 12.1. The van der Waals surface area contributed by atoms with Gasteiger partial charge in [-0.05, 0) is 92.5 Å². The van der Waals surface area contributed by atoms with Gasteiger partial charge >= 0.3 is 0 Å². The first-order valence-electron chi connectivity index (χ1n) is 14.7. The molecule has 43 heavy (non-hydrogen) atoms. The summed E-state index contributed by atoms with van der Waals surface area (Å²) in [5.74, 6) is -0.756. The molecule has 8 heteroatoms. The molecule has 0 aliphatic carbocycles. The molecule has 0 bridgehead atoms. The number of hydrogen-bond acceptors (Lipinski definition) is 5. The van der Waals surface area contributed by atoms with Gasteiger partial charge in [0.2, 0.25) is 0 Å². The number of ether oxygens (including phenoxy) is 2. The van der Waals surface area contributed by atoms with E-state index in [9.17, 15) is 13.0 Å². The van der Waals surface area contributed by atoms with E-state index in [0.717, 1.165) is 58.1 Å². The van der Waals surface area contributed by atoms with Crippen LogP contribution < -0.4 is 0 Å². The highest BCUT2D eigenvalue weighted by Crippen LogP contribution is 2.34. The number of pyridine rings is 1. The molecule has 2 heterocycles. The maximum Gasteiger partial charge on any atom is 0.265 e. The van der Waals surface area contributed by atoms with E-state index < -0.39 is 21.6 Å². The number of nitrogens with zero attached hydrogens (tertiary/aromatic N) is 1. The van der Waals surface area contributed by atoms with Gasteiger partial charge in [0.15, 0.2) is 6.29 Å². The van der Waals surface area contributed by atoms with Crippen LogP contribution in [0.2, 0.25) is 5.02 Å². The molecule has 2 atom stereocenters. The summed E-state index contributed by atoms with van der Waals surface area (Å²) in [5.41, 5.74) is 4.92. The van der Waals surface area contributed by atoms with Gasteiger partial charge in [0.05, 0.1) is 22.6 Å². The fourth-order valence-electron chi connectivity index (χ4n) is 5.75. The normalized spacial score (nSPS) is 17.0. The van der Waals surface area contributed by atoms with E-state index in [-0.39, 0.29) is 12.0 Å². The first-order valence-corrected chi connectivity index (χ1v) is 16.7. The third kappa shape index (κ3) is 8.74. The van der Waals surface area contributed by atoms with Crippen LogP contribution in [0, 0.1) is 0 Å². The van der Waals surface area contributed by atoms with E-state index >= 15 is 0 Å². The molecule has 226 valence electrons. The van der Waals surface area contributed by atoms with Crippen molar-refractivity contribution in [2.75, 3.05) is 12.4 Å². The number of aryl methyl sites for hydroxylation is 1. The molecular weight excluding hydrogens is 582 g/mol. The van der Waals surface area contributed by atoms with Crippen LogP contribution in [0.4, 0.5) is 0 Å². The Morgan fingerprint density at radius 3 is 2.65 bits per heavy atom. The van der Waals surface area contributed by atoms with Crippen molar-refractivity contribution in [1.29, 1.82) is 0 Å². The van der Waals surface area contributed by atoms with Gasteiger partial charge in [-0.25, -0.2) is 4.98 Å². The van der Waals surface area contributed by atoms with Crippen LogP contribution in [-0.4, -0.2) is 36.6 Å². The first-order chi connectivity index (χ1) is 20.6. The second kappa shape index (κ2) is 13.7. The van der Waals surface area contributed by atoms with Crippen LogP contribution in [0.25, 0.3) is 23.1 Å². The lowest BCUT2D eigenvalue weighted by Crippen LogP contribution is -2.33. The van der Waals surface area contributed by atoms with Crippen molar-refractivity contribution in [3.05, 3.63) is 112 Å². The molecule has 1 aromatic heterocycles. The highest BCUT2D eigenvalue weighted by atomic mass is 35.5. The molecule has 1 aliphatic heterocycles. The fraction of sp³-hybridized carbons (Fsp3) is 0.343. The number of rotatable bonds is 11. The lowest BCUT2D eigenvalue weighted by atomic mass is 9.87. The molecular formula is C35H38ClNO5S. The fourth-order valence-corrected chi connectivity index (χ4v) is 6.78. The molecule has 4 aromatic rings. The van der Waals surface area contributed by atoms with Gasteiger partial charge in [-0.3, -0.25) is 4.55 Å². The Kier molecular flexibility index (Phi) is 9.99. The Morgan fingerprint density at radius 1 is 1.05 bits per heavy atom. The minimum Gasteiger partial charge on any atom is -0.353 e. The second-order valence-electron chi connectivity index (χ2n) is 11.6. The third-order valence-corrected chi connectivity index (χ3v) is 8.97. The Labute approximate surface area is 259 Å². The molecule has 1 saturated heterocycles. The van der Waals surface area contributed by atoms with Crippen LogP contribution in [-0.2, 0) is 31.6 Å². The molecule has 6 nitrogen and oxygen atoms in total. The summed E-state index contributed by atoms with van der Waals surface area (Å²) in [5, 5.41) is 1.64. The smallest absolute Gasteiger partial charge is 0.265 e. The summed E-state index contributed by atoms with van der Waals surface area (Å²) >= 11 is 6.14. The molecule has 0 saturated carbocycles. The zero-order chi connectivity index (χ0) is 30.5. The SMILES string of the molecule is CC(C)(OC1CCCCO1)c1ccccc1CC[C@H](CS(=O)(=O)O)c1cccc(C=Cc2ccc3ccc(Cl)cc3n2)c1. The van der Waals surface area contributed by atoms with E-state index in [1.165, 1.54) is 0 Å². The van der Waals surface area contributed by atoms with Crippen molar-refractivity contribution < 1.29 is 22.4 Å². The number of benzene rings is 3. The highest BCUT2D eigenvalue weighted by Gasteiger charge is 2.30. The molecule has 0 spiro atoms. The molecule has 5 rings (SSSR count). The van der Waals surface area contributed by atoms with Crippen molar-refractivity contribution >= 4 is 44.8 Å². The van der Waals surface area contributed by atoms with Gasteiger partial charge in [0.1, 0.15) is 0 Å². The van der Waals surface area contributed by atoms with E-state index in [4.69, 9.17) is 21.1 Å². The Hall–Kier alpha value is -3.07. The Bertz CT molecular complexity index is 1700. The molecule has 1 unspecified atom stereocenters. The Balaban J connectivity index is 1.35. The summed E-state index contributed by atoms with van der Waals surface area (Å²) in [6, 6.07) is 25.5. The van der Waals surface area contributed by atoms with Gasteiger partial charge in [0, 0.05) is 22.9 Å². The molecule has 1 N–H and O–H groups in total. The molecule has 1 aliphatic rings. The van der Waals surface area contributed by atoms with Gasteiger partial charge in [0.25, 0.3) is 10.1 Å². The Morgan fingerprint density at radius 2 is 1.86 bits per heavy atom. The van der Waals surface area contributed by atoms with Crippen molar-refractivity contribution in [2.45, 2.75) is 63.8 Å². The lowest BCUT2D eigenvalue weighted by molar-refractivity contribution is -0.219. The van der Waals surface area contributed by atoms with Crippen molar-refractivity contribution in [2.24, 2.45) is 0 Å². The zero-order valence-electron chi connectivity index (χ0n) is 24.6. The monoisotopic (exact) mass is 619 g/mol. The lowest BCUT2D eigenvalue weighted by Gasteiger charge is -2.34. The average molecular weight is 620 g/mol. The number of hydrogen-bond donors (Lipinski definition) is 1. The predicted octanol–water partition coefficient (Wildman–Crippen LogP) is 8.44. The van der Waals surface area contributed by atoms with Crippen LogP contribution in [0.5, 0.6) is 0 Å². The summed E-state index contributed by atoms with van der Waals surface area (Å²) in [7, 11) is -4.21. The summed E-state index contributed by atoms with van der Waals surface area (Å²) < 4.78 is 46.3. The number of aromatic nitrogens is 1. The van der Waals surface area contributed by atoms with Crippen LogP contribution >= 0.6 is 11.6 Å². The average Bonchev–Trinajstić information content (AvgIpc) is 2.98. The van der Waals surface area contributed by atoms with Crippen molar-refractivity contribution in [3.8, 4) is 0 Å². The van der Waals surface area contributed by atoms with E-state index in [2.05, 4.69) is 17.1 Å². The summed E-state index contributed by atoms with van der Waals surface area (Å²) in [6.07, 6.45) is 7.81. The van der Waals surface area contributed by atoms with Crippen molar-refractivity contribution in [3.63, 3.8) is 0 Å². The highest BCUT2D eigenvalue weighted by molar-refractivity contribution is 7.85. The minimum atomic E-state index is -4.21. The molecule has 0 amide bonds. The largest absolute Gasteiger partial charge is 0.353 e. The third-order valence-electron chi connectivity index (χ3n) is 7.91. The maximum atomic E-state index is 12.1. The van der Waals surface area contributed by atoms with Gasteiger partial charge in [-0.2, -0.15) is 8.42 Å². The first kappa shape index (κ1) is 31.4. The topological polar surface area (TPSA) is 85.7 Å². The second-order valence-corrected chi connectivity index (χ2v) is 13.6. The van der Waals surface area contributed by atoms with E-state index in [1.54, 1.807) is 0 Å². The summed E-state index contributed by atoms with van der Waals surface area (Å²) in [6.45, 7) is 4.81. The summed E-state index contributed by atoms with van der Waals surface area (Å²) in [4.78, 5) is 4.68. The van der Waals surface area contributed by atoms with Gasteiger partial charge in [-0.1, -0.05) is 78.3 Å². The molecule has 0 radical (unpaired) electrons.